The third-order valence-electron chi connectivity index (χ3n) is 3.18. The predicted molar refractivity (Wildman–Crippen MR) is 79.7 cm³/mol. The van der Waals surface area contributed by atoms with Crippen LogP contribution in [0.4, 0.5) is 10.1 Å². The van der Waals surface area contributed by atoms with Gasteiger partial charge < -0.3 is 15.8 Å². The summed E-state index contributed by atoms with van der Waals surface area (Å²) >= 11 is 0. The molecule has 0 saturated carbocycles. The van der Waals surface area contributed by atoms with E-state index in [-0.39, 0.29) is 11.7 Å². The Morgan fingerprint density at radius 2 is 2.05 bits per heavy atom. The molecule has 0 fully saturated rings. The van der Waals surface area contributed by atoms with Gasteiger partial charge in [-0.3, -0.25) is 4.79 Å². The maximum atomic E-state index is 13.0. The normalized spacial score (nSPS) is 10.2. The first-order chi connectivity index (χ1) is 10.0. The molecule has 0 saturated heterocycles. The minimum atomic E-state index is -0.355. The third kappa shape index (κ3) is 3.51. The van der Waals surface area contributed by atoms with Crippen LogP contribution in [-0.2, 0) is 6.54 Å². The fourth-order valence-corrected chi connectivity index (χ4v) is 2.05. The van der Waals surface area contributed by atoms with Crippen LogP contribution in [0.15, 0.2) is 36.4 Å². The second-order valence-corrected chi connectivity index (χ2v) is 4.72. The number of methoxy groups -OCH3 is 1. The number of halogens is 1. The topological polar surface area (TPSA) is 64.3 Å². The summed E-state index contributed by atoms with van der Waals surface area (Å²) in [4.78, 5) is 12.1. The molecule has 0 heterocycles. The number of aryl methyl sites for hydroxylation is 1. The number of nitrogen functional groups attached to an aromatic ring is 1. The molecule has 4 nitrogen and oxygen atoms in total. The molecule has 0 aliphatic rings. The van der Waals surface area contributed by atoms with Crippen LogP contribution in [0.1, 0.15) is 21.5 Å². The number of rotatable bonds is 4. The minimum absolute atomic E-state index is 0.248. The molecule has 110 valence electrons. The summed E-state index contributed by atoms with van der Waals surface area (Å²) in [5.41, 5.74) is 8.24. The number of nitrogens with two attached hydrogens (primary N) is 1. The Balaban J connectivity index is 2.05. The van der Waals surface area contributed by atoms with Crippen LogP contribution in [0.5, 0.6) is 5.75 Å². The van der Waals surface area contributed by atoms with E-state index in [9.17, 15) is 9.18 Å². The summed E-state index contributed by atoms with van der Waals surface area (Å²) in [5, 5.41) is 2.78. The highest BCUT2D eigenvalue weighted by Gasteiger charge is 2.09. The van der Waals surface area contributed by atoms with Gasteiger partial charge in [-0.1, -0.05) is 6.07 Å². The van der Waals surface area contributed by atoms with E-state index in [4.69, 9.17) is 10.5 Å². The quantitative estimate of drug-likeness (QED) is 0.850. The Hall–Kier alpha value is -2.56. The predicted octanol–water partition coefficient (Wildman–Crippen LogP) is 2.65. The number of nitrogens with one attached hydrogen (secondary N) is 1. The number of hydrogen-bond acceptors (Lipinski definition) is 3. The standard InChI is InChI=1S/C16H17FN2O2/c1-10-7-12(17)4-5-13(10)16(20)19-9-11-3-6-15(21-2)14(18)8-11/h3-8H,9,18H2,1-2H3,(H,19,20). The Bertz CT molecular complexity index is 671. The Morgan fingerprint density at radius 1 is 1.29 bits per heavy atom. The second kappa shape index (κ2) is 6.26. The van der Waals surface area contributed by atoms with Crippen molar-refractivity contribution >= 4 is 11.6 Å². The molecule has 0 bridgehead atoms. The van der Waals surface area contributed by atoms with Gasteiger partial charge in [-0.05, 0) is 48.4 Å². The lowest BCUT2D eigenvalue weighted by molar-refractivity contribution is 0.0950. The summed E-state index contributed by atoms with van der Waals surface area (Å²) in [7, 11) is 1.55. The molecule has 0 aromatic heterocycles. The van der Waals surface area contributed by atoms with Crippen LogP contribution in [0.25, 0.3) is 0 Å². The zero-order chi connectivity index (χ0) is 15.4. The number of amides is 1. The van der Waals surface area contributed by atoms with Crippen molar-refractivity contribution in [2.24, 2.45) is 0 Å². The first-order valence-electron chi connectivity index (χ1n) is 6.48. The van der Waals surface area contributed by atoms with Gasteiger partial charge in [0, 0.05) is 12.1 Å². The number of ether oxygens (including phenoxy) is 1. The number of carbonyl (C=O) groups excluding carboxylic acids is 1. The molecule has 1 amide bonds. The average Bonchev–Trinajstić information content (AvgIpc) is 2.45. The molecule has 3 N–H and O–H groups in total. The van der Waals surface area contributed by atoms with Gasteiger partial charge in [0.2, 0.25) is 0 Å². The highest BCUT2D eigenvalue weighted by Crippen LogP contribution is 2.21. The first-order valence-corrected chi connectivity index (χ1v) is 6.48. The summed E-state index contributed by atoms with van der Waals surface area (Å²) in [6, 6.07) is 9.40. The number of carbonyl (C=O) groups is 1. The smallest absolute Gasteiger partial charge is 0.251 e. The van der Waals surface area contributed by atoms with Crippen LogP contribution in [0.2, 0.25) is 0 Å². The molecular formula is C16H17FN2O2. The van der Waals surface area contributed by atoms with Crippen molar-refractivity contribution in [3.05, 3.63) is 58.9 Å². The fourth-order valence-electron chi connectivity index (χ4n) is 2.05. The molecule has 0 aliphatic heterocycles. The van der Waals surface area contributed by atoms with E-state index in [0.717, 1.165) is 5.56 Å². The van der Waals surface area contributed by atoms with Crippen LogP contribution < -0.4 is 15.8 Å². The molecule has 2 rings (SSSR count). The van der Waals surface area contributed by atoms with Crippen molar-refractivity contribution in [3.8, 4) is 5.75 Å². The molecule has 0 aliphatic carbocycles. The molecule has 0 atom stereocenters. The lowest BCUT2D eigenvalue weighted by Crippen LogP contribution is -2.23. The van der Waals surface area contributed by atoms with Crippen LogP contribution in [0.3, 0.4) is 0 Å². The molecule has 0 radical (unpaired) electrons. The van der Waals surface area contributed by atoms with E-state index in [0.29, 0.717) is 29.1 Å². The van der Waals surface area contributed by atoms with Crippen molar-refractivity contribution in [1.82, 2.24) is 5.32 Å². The highest BCUT2D eigenvalue weighted by molar-refractivity contribution is 5.95. The van der Waals surface area contributed by atoms with E-state index >= 15 is 0 Å². The fraction of sp³-hybridized carbons (Fsp3) is 0.188. The summed E-state index contributed by atoms with van der Waals surface area (Å²) in [5.74, 6) is -0.00618. The van der Waals surface area contributed by atoms with Gasteiger partial charge in [-0.25, -0.2) is 4.39 Å². The lowest BCUT2D eigenvalue weighted by Gasteiger charge is -2.10. The molecule has 5 heteroatoms. The van der Waals surface area contributed by atoms with Gasteiger partial charge in [-0.15, -0.1) is 0 Å². The molecular weight excluding hydrogens is 271 g/mol. The average molecular weight is 288 g/mol. The molecule has 21 heavy (non-hydrogen) atoms. The Kier molecular flexibility index (Phi) is 4.42. The van der Waals surface area contributed by atoms with Gasteiger partial charge in [0.15, 0.2) is 0 Å². The second-order valence-electron chi connectivity index (χ2n) is 4.72. The van der Waals surface area contributed by atoms with Crippen LogP contribution >= 0.6 is 0 Å². The zero-order valence-corrected chi connectivity index (χ0v) is 11.9. The van der Waals surface area contributed by atoms with E-state index < -0.39 is 0 Å². The van der Waals surface area contributed by atoms with Gasteiger partial charge in [0.1, 0.15) is 11.6 Å². The summed E-state index contributed by atoms with van der Waals surface area (Å²) in [6.45, 7) is 2.03. The minimum Gasteiger partial charge on any atom is -0.495 e. The highest BCUT2D eigenvalue weighted by atomic mass is 19.1. The largest absolute Gasteiger partial charge is 0.495 e. The molecule has 0 unspecified atom stereocenters. The SMILES string of the molecule is COc1ccc(CNC(=O)c2ccc(F)cc2C)cc1N. The molecule has 2 aromatic carbocycles. The van der Waals surface area contributed by atoms with Gasteiger partial charge in [-0.2, -0.15) is 0 Å². The lowest BCUT2D eigenvalue weighted by atomic mass is 10.1. The van der Waals surface area contributed by atoms with Crippen molar-refractivity contribution in [3.63, 3.8) is 0 Å². The van der Waals surface area contributed by atoms with Crippen LogP contribution in [0, 0.1) is 12.7 Å². The number of hydrogen-bond donors (Lipinski definition) is 2. The summed E-state index contributed by atoms with van der Waals surface area (Å²) in [6.07, 6.45) is 0. The molecule has 0 spiro atoms. The van der Waals surface area contributed by atoms with E-state index in [1.165, 1.54) is 18.2 Å². The van der Waals surface area contributed by atoms with Crippen molar-refractivity contribution in [2.75, 3.05) is 12.8 Å². The number of benzene rings is 2. The van der Waals surface area contributed by atoms with E-state index in [1.807, 2.05) is 6.07 Å². The zero-order valence-electron chi connectivity index (χ0n) is 11.9. The van der Waals surface area contributed by atoms with Crippen molar-refractivity contribution in [2.45, 2.75) is 13.5 Å². The number of anilines is 1. The Morgan fingerprint density at radius 3 is 2.67 bits per heavy atom. The van der Waals surface area contributed by atoms with Crippen molar-refractivity contribution in [1.29, 1.82) is 0 Å². The van der Waals surface area contributed by atoms with Gasteiger partial charge in [0.25, 0.3) is 5.91 Å². The summed E-state index contributed by atoms with van der Waals surface area (Å²) < 4.78 is 18.1. The van der Waals surface area contributed by atoms with Crippen LogP contribution in [-0.4, -0.2) is 13.0 Å². The van der Waals surface area contributed by atoms with Gasteiger partial charge in [0.05, 0.1) is 12.8 Å². The van der Waals surface area contributed by atoms with E-state index in [1.54, 1.807) is 26.2 Å². The monoisotopic (exact) mass is 288 g/mol. The molecule has 2 aromatic rings. The van der Waals surface area contributed by atoms with Crippen molar-refractivity contribution < 1.29 is 13.9 Å². The maximum absolute atomic E-state index is 13.0. The van der Waals surface area contributed by atoms with Gasteiger partial charge >= 0.3 is 0 Å². The Labute approximate surface area is 122 Å². The van der Waals surface area contributed by atoms with E-state index in [2.05, 4.69) is 5.32 Å². The maximum Gasteiger partial charge on any atom is 0.251 e. The third-order valence-corrected chi connectivity index (χ3v) is 3.18. The first kappa shape index (κ1) is 14.8.